The average Bonchev–Trinajstić information content (AvgIpc) is 3.43. The topological polar surface area (TPSA) is 109 Å². The van der Waals surface area contributed by atoms with E-state index in [1.165, 1.54) is 23.8 Å². The first-order chi connectivity index (χ1) is 21.3. The van der Waals surface area contributed by atoms with Crippen molar-refractivity contribution in [1.82, 2.24) is 9.88 Å². The molecule has 3 heterocycles. The van der Waals surface area contributed by atoms with Crippen LogP contribution < -0.4 is 14.2 Å². The lowest BCUT2D eigenvalue weighted by molar-refractivity contribution is -0.176. The number of benzene rings is 2. The standard InChI is InChI=1S/C34H42N2O8/c1-7-21-27(40-3)12-18(13-28(21)41-4)33(37)44-29-14-19-17-36-11-10-23-22-9-8-20(39-2)15-25(22)35-31(23)26(36)16-24(19)30(32(29)42-5)34(38)43-6/h8-9,12-13,15,19,24,26,29-30,32,35H,7,10-11,14,16-17H2,1-6H3/t19?,24?,26?,29-,30+,32+/m1/s1. The summed E-state index contributed by atoms with van der Waals surface area (Å²) in [7, 11) is 7.79. The van der Waals surface area contributed by atoms with Crippen LogP contribution in [0.25, 0.3) is 10.9 Å². The minimum absolute atomic E-state index is 0.000439. The zero-order valence-corrected chi connectivity index (χ0v) is 26.3. The van der Waals surface area contributed by atoms with Gasteiger partial charge in [0, 0.05) is 48.4 Å². The SMILES string of the molecule is CCc1c(OC)cc(C(=O)O[C@@H]2CC3CN4CCc5c([nH]c6cc(OC)ccc56)C4CC3[C@H](C(=O)OC)[C@H]2OC)cc1OC. The zero-order valence-electron chi connectivity index (χ0n) is 26.3. The zero-order chi connectivity index (χ0) is 31.1. The molecule has 0 amide bonds. The van der Waals surface area contributed by atoms with Crippen LogP contribution in [0.5, 0.6) is 17.2 Å². The highest BCUT2D eigenvalue weighted by atomic mass is 16.6. The Morgan fingerprint density at radius 3 is 2.36 bits per heavy atom. The summed E-state index contributed by atoms with van der Waals surface area (Å²) in [4.78, 5) is 33.2. The van der Waals surface area contributed by atoms with Gasteiger partial charge in [0.15, 0.2) is 0 Å². The number of esters is 2. The molecule has 6 rings (SSSR count). The summed E-state index contributed by atoms with van der Waals surface area (Å²) < 4.78 is 34.0. The van der Waals surface area contributed by atoms with Crippen LogP contribution >= 0.6 is 0 Å². The summed E-state index contributed by atoms with van der Waals surface area (Å²) in [6.45, 7) is 3.71. The Balaban J connectivity index is 1.29. The van der Waals surface area contributed by atoms with E-state index >= 15 is 0 Å². The molecular formula is C34H42N2O8. The number of aromatic amines is 1. The molecule has 1 aliphatic carbocycles. The molecule has 0 radical (unpaired) electrons. The van der Waals surface area contributed by atoms with Crippen molar-refractivity contribution in [2.45, 2.75) is 50.9 Å². The van der Waals surface area contributed by atoms with Gasteiger partial charge in [-0.1, -0.05) is 6.92 Å². The second kappa shape index (κ2) is 12.3. The number of methoxy groups -OCH3 is 5. The maximum atomic E-state index is 13.6. The first-order valence-corrected chi connectivity index (χ1v) is 15.3. The number of piperidine rings is 1. The van der Waals surface area contributed by atoms with E-state index in [1.807, 2.05) is 19.1 Å². The number of nitrogens with one attached hydrogen (secondary N) is 1. The molecule has 2 aromatic carbocycles. The highest BCUT2D eigenvalue weighted by Gasteiger charge is 2.54. The predicted octanol–water partition coefficient (Wildman–Crippen LogP) is 4.72. The van der Waals surface area contributed by atoms with Crippen LogP contribution in [-0.2, 0) is 31.8 Å². The van der Waals surface area contributed by atoms with Crippen molar-refractivity contribution in [2.24, 2.45) is 17.8 Å². The highest BCUT2D eigenvalue weighted by molar-refractivity contribution is 5.91. The van der Waals surface area contributed by atoms with Gasteiger partial charge in [0.05, 0.1) is 46.0 Å². The molecule has 1 saturated heterocycles. The third-order valence-electron chi connectivity index (χ3n) is 10.1. The van der Waals surface area contributed by atoms with E-state index in [-0.39, 0.29) is 23.8 Å². The molecule has 3 unspecified atom stereocenters. The fourth-order valence-corrected chi connectivity index (χ4v) is 8.01. The van der Waals surface area contributed by atoms with E-state index < -0.39 is 24.1 Å². The van der Waals surface area contributed by atoms with Gasteiger partial charge in [-0.3, -0.25) is 9.69 Å². The smallest absolute Gasteiger partial charge is 0.338 e. The molecule has 1 N–H and O–H groups in total. The summed E-state index contributed by atoms with van der Waals surface area (Å²) in [5, 5.41) is 1.22. The average molecular weight is 607 g/mol. The van der Waals surface area contributed by atoms with Gasteiger partial charge >= 0.3 is 11.9 Å². The summed E-state index contributed by atoms with van der Waals surface area (Å²) in [6, 6.07) is 9.68. The quantitative estimate of drug-likeness (QED) is 0.364. The molecule has 0 bridgehead atoms. The van der Waals surface area contributed by atoms with Crippen LogP contribution in [0, 0.1) is 17.8 Å². The minimum Gasteiger partial charge on any atom is -0.497 e. The molecular weight excluding hydrogens is 564 g/mol. The van der Waals surface area contributed by atoms with E-state index in [2.05, 4.69) is 16.0 Å². The Hall–Kier alpha value is -3.76. The van der Waals surface area contributed by atoms with Gasteiger partial charge in [0.2, 0.25) is 0 Å². The van der Waals surface area contributed by atoms with Crippen LogP contribution in [0.1, 0.15) is 53.0 Å². The molecule has 2 fully saturated rings. The van der Waals surface area contributed by atoms with Crippen LogP contribution in [0.3, 0.4) is 0 Å². The van der Waals surface area contributed by atoms with Crippen molar-refractivity contribution in [2.75, 3.05) is 48.6 Å². The van der Waals surface area contributed by atoms with Crippen LogP contribution in [0.2, 0.25) is 0 Å². The number of carbonyl (C=O) groups excluding carboxylic acids is 2. The fourth-order valence-electron chi connectivity index (χ4n) is 8.01. The summed E-state index contributed by atoms with van der Waals surface area (Å²) in [5.41, 5.74) is 4.81. The second-order valence-electron chi connectivity index (χ2n) is 12.0. The number of carbonyl (C=O) groups is 2. The Morgan fingerprint density at radius 2 is 1.73 bits per heavy atom. The molecule has 10 heteroatoms. The molecule has 10 nitrogen and oxygen atoms in total. The number of hydrogen-bond donors (Lipinski definition) is 1. The molecule has 236 valence electrons. The lowest BCUT2D eigenvalue weighted by Crippen LogP contribution is -2.58. The maximum absolute atomic E-state index is 13.6. The molecule has 6 atom stereocenters. The van der Waals surface area contributed by atoms with Crippen molar-refractivity contribution >= 4 is 22.8 Å². The number of hydrogen-bond acceptors (Lipinski definition) is 9. The van der Waals surface area contributed by atoms with Crippen molar-refractivity contribution in [3.63, 3.8) is 0 Å². The van der Waals surface area contributed by atoms with Crippen molar-refractivity contribution in [1.29, 1.82) is 0 Å². The van der Waals surface area contributed by atoms with E-state index in [4.69, 9.17) is 28.4 Å². The van der Waals surface area contributed by atoms with Crippen molar-refractivity contribution in [3.8, 4) is 17.2 Å². The molecule has 3 aliphatic rings. The van der Waals surface area contributed by atoms with Crippen LogP contribution in [-0.4, -0.2) is 82.7 Å². The normalized spacial score (nSPS) is 26.2. The first kappa shape index (κ1) is 30.3. The maximum Gasteiger partial charge on any atom is 0.338 e. The van der Waals surface area contributed by atoms with Crippen LogP contribution in [0.4, 0.5) is 0 Å². The van der Waals surface area contributed by atoms with Gasteiger partial charge in [0.25, 0.3) is 0 Å². The molecule has 0 spiro atoms. The number of H-pyrrole nitrogens is 1. The molecule has 2 aliphatic heterocycles. The monoisotopic (exact) mass is 606 g/mol. The Bertz CT molecular complexity index is 1520. The van der Waals surface area contributed by atoms with Gasteiger partial charge in [-0.25, -0.2) is 4.79 Å². The predicted molar refractivity (Wildman–Crippen MR) is 164 cm³/mol. The fraction of sp³-hybridized carbons (Fsp3) is 0.529. The highest BCUT2D eigenvalue weighted by Crippen LogP contribution is 2.50. The molecule has 3 aromatic rings. The van der Waals surface area contributed by atoms with Gasteiger partial charge < -0.3 is 33.4 Å². The number of fused-ring (bicyclic) bond motifs is 6. The second-order valence-corrected chi connectivity index (χ2v) is 12.0. The minimum atomic E-state index is -0.645. The Morgan fingerprint density at radius 1 is 0.977 bits per heavy atom. The van der Waals surface area contributed by atoms with Crippen molar-refractivity contribution < 1.29 is 38.0 Å². The lowest BCUT2D eigenvalue weighted by Gasteiger charge is -2.52. The molecule has 44 heavy (non-hydrogen) atoms. The van der Waals surface area contributed by atoms with E-state index in [9.17, 15) is 9.59 Å². The van der Waals surface area contributed by atoms with Crippen molar-refractivity contribution in [3.05, 3.63) is 52.7 Å². The Kier molecular flexibility index (Phi) is 8.48. The van der Waals surface area contributed by atoms with Gasteiger partial charge in [-0.05, 0) is 67.3 Å². The number of rotatable bonds is 8. The van der Waals surface area contributed by atoms with Gasteiger partial charge in [0.1, 0.15) is 29.5 Å². The molecule has 1 saturated carbocycles. The third-order valence-corrected chi connectivity index (χ3v) is 10.1. The van der Waals surface area contributed by atoms with Crippen LogP contribution in [0.15, 0.2) is 30.3 Å². The van der Waals surface area contributed by atoms with E-state index in [0.717, 1.165) is 42.8 Å². The summed E-state index contributed by atoms with van der Waals surface area (Å²) >= 11 is 0. The Labute approximate surface area is 257 Å². The first-order valence-electron chi connectivity index (χ1n) is 15.3. The number of aromatic nitrogens is 1. The summed E-state index contributed by atoms with van der Waals surface area (Å²) in [5.74, 6) is 0.642. The largest absolute Gasteiger partial charge is 0.497 e. The lowest BCUT2D eigenvalue weighted by atomic mass is 9.63. The van der Waals surface area contributed by atoms with E-state index in [0.29, 0.717) is 29.9 Å². The number of nitrogens with zero attached hydrogens (tertiary/aromatic N) is 1. The molecule has 1 aromatic heterocycles. The third kappa shape index (κ3) is 5.07. The number of ether oxygens (including phenoxy) is 6. The van der Waals surface area contributed by atoms with E-state index in [1.54, 1.807) is 40.6 Å². The summed E-state index contributed by atoms with van der Waals surface area (Å²) in [6.07, 6.45) is 1.71. The van der Waals surface area contributed by atoms with Gasteiger partial charge in [-0.2, -0.15) is 0 Å². The van der Waals surface area contributed by atoms with Gasteiger partial charge in [-0.15, -0.1) is 0 Å².